The van der Waals surface area contributed by atoms with Gasteiger partial charge in [0.05, 0.1) is 0 Å². The summed E-state index contributed by atoms with van der Waals surface area (Å²) in [6.07, 6.45) is 4.19. The minimum absolute atomic E-state index is 0.100. The Hall–Kier alpha value is -0.940. The lowest BCUT2D eigenvalue weighted by molar-refractivity contribution is 0.0945. The van der Waals surface area contributed by atoms with Gasteiger partial charge in [-0.05, 0) is 54.0 Å². The van der Waals surface area contributed by atoms with Gasteiger partial charge < -0.3 is 10.2 Å². The molecule has 1 aliphatic rings. The van der Waals surface area contributed by atoms with Gasteiger partial charge >= 0.3 is 0 Å². The van der Waals surface area contributed by atoms with Crippen molar-refractivity contribution < 1.29 is 4.79 Å². The smallest absolute Gasteiger partial charge is 0.269 e. The Labute approximate surface area is 110 Å². The van der Waals surface area contributed by atoms with Gasteiger partial charge in [0.2, 0.25) is 0 Å². The number of hydrogen-bond donors (Lipinski definition) is 1. The maximum atomic E-state index is 11.7. The molecule has 1 N–H and O–H groups in total. The molecule has 4 nitrogen and oxygen atoms in total. The number of hydrogen-bond acceptors (Lipinski definition) is 3. The third-order valence-corrected chi connectivity index (χ3v) is 3.34. The van der Waals surface area contributed by atoms with Crippen LogP contribution in [0.4, 0.5) is 0 Å². The van der Waals surface area contributed by atoms with E-state index in [9.17, 15) is 4.79 Å². The third kappa shape index (κ3) is 3.78. The van der Waals surface area contributed by atoms with Crippen LogP contribution in [0.5, 0.6) is 0 Å². The molecule has 1 saturated heterocycles. The van der Waals surface area contributed by atoms with E-state index in [1.165, 1.54) is 12.8 Å². The Bertz CT molecular complexity index is 374. The van der Waals surface area contributed by atoms with Crippen molar-refractivity contribution in [1.82, 2.24) is 15.2 Å². The van der Waals surface area contributed by atoms with Crippen molar-refractivity contribution in [2.45, 2.75) is 12.8 Å². The van der Waals surface area contributed by atoms with Crippen molar-refractivity contribution in [3.05, 3.63) is 28.5 Å². The molecule has 0 saturated carbocycles. The van der Waals surface area contributed by atoms with E-state index in [4.69, 9.17) is 0 Å². The molecule has 0 atom stereocenters. The highest BCUT2D eigenvalue weighted by Gasteiger charge is 2.11. The summed E-state index contributed by atoms with van der Waals surface area (Å²) in [7, 11) is 0. The molecule has 1 fully saturated rings. The molecule has 1 aromatic heterocycles. The van der Waals surface area contributed by atoms with Crippen LogP contribution in [0.2, 0.25) is 0 Å². The lowest BCUT2D eigenvalue weighted by Gasteiger charge is -2.14. The molecular formula is C12H16BrN3O. The van der Waals surface area contributed by atoms with Gasteiger partial charge in [-0.15, -0.1) is 0 Å². The molecule has 0 aromatic carbocycles. The van der Waals surface area contributed by atoms with Gasteiger partial charge in [0.15, 0.2) is 0 Å². The summed E-state index contributed by atoms with van der Waals surface area (Å²) in [5.41, 5.74) is 0.467. The van der Waals surface area contributed by atoms with Crippen molar-refractivity contribution in [3.8, 4) is 0 Å². The fraction of sp³-hybridized carbons (Fsp3) is 0.500. The molecular weight excluding hydrogens is 282 g/mol. The van der Waals surface area contributed by atoms with Crippen molar-refractivity contribution >= 4 is 21.8 Å². The molecule has 1 amide bonds. The fourth-order valence-corrected chi connectivity index (χ4v) is 2.17. The fourth-order valence-electron chi connectivity index (χ4n) is 1.93. The summed E-state index contributed by atoms with van der Waals surface area (Å²) < 4.78 is 0.881. The van der Waals surface area contributed by atoms with E-state index in [-0.39, 0.29) is 5.91 Å². The Morgan fingerprint density at radius 3 is 2.82 bits per heavy atom. The van der Waals surface area contributed by atoms with Crippen molar-refractivity contribution in [3.63, 3.8) is 0 Å². The molecule has 0 aliphatic carbocycles. The molecule has 0 bridgehead atoms. The number of carbonyl (C=O) groups excluding carboxylic acids is 1. The monoisotopic (exact) mass is 297 g/mol. The Balaban J connectivity index is 1.75. The number of aromatic nitrogens is 1. The standard InChI is InChI=1S/C12H16BrN3O/c13-10-3-4-11(15-9-10)12(17)14-5-8-16-6-1-2-7-16/h3-4,9H,1-2,5-8H2,(H,14,17). The quantitative estimate of drug-likeness (QED) is 0.919. The first-order chi connectivity index (χ1) is 8.25. The summed E-state index contributed by atoms with van der Waals surface area (Å²) >= 11 is 3.29. The zero-order chi connectivity index (χ0) is 12.1. The summed E-state index contributed by atoms with van der Waals surface area (Å²) in [6.45, 7) is 3.94. The van der Waals surface area contributed by atoms with E-state index < -0.39 is 0 Å². The van der Waals surface area contributed by atoms with Gasteiger partial charge in [0.25, 0.3) is 5.91 Å². The maximum absolute atomic E-state index is 11.7. The van der Waals surface area contributed by atoms with E-state index in [0.717, 1.165) is 24.1 Å². The largest absolute Gasteiger partial charge is 0.349 e. The molecule has 0 unspecified atom stereocenters. The van der Waals surface area contributed by atoms with Crippen LogP contribution in [0, 0.1) is 0 Å². The van der Waals surface area contributed by atoms with Gasteiger partial charge in [0.1, 0.15) is 5.69 Å². The summed E-state index contributed by atoms with van der Waals surface area (Å²) in [5.74, 6) is -0.100. The topological polar surface area (TPSA) is 45.2 Å². The van der Waals surface area contributed by atoms with E-state index in [0.29, 0.717) is 12.2 Å². The molecule has 2 rings (SSSR count). The number of rotatable bonds is 4. The first kappa shape index (κ1) is 12.5. The highest BCUT2D eigenvalue weighted by atomic mass is 79.9. The Morgan fingerprint density at radius 2 is 2.18 bits per heavy atom. The van der Waals surface area contributed by atoms with Crippen LogP contribution in [-0.2, 0) is 0 Å². The van der Waals surface area contributed by atoms with Gasteiger partial charge in [-0.3, -0.25) is 4.79 Å². The van der Waals surface area contributed by atoms with Crippen LogP contribution >= 0.6 is 15.9 Å². The second-order valence-electron chi connectivity index (χ2n) is 4.17. The zero-order valence-electron chi connectivity index (χ0n) is 9.66. The lowest BCUT2D eigenvalue weighted by Crippen LogP contribution is -2.33. The van der Waals surface area contributed by atoms with Gasteiger partial charge in [-0.2, -0.15) is 0 Å². The Morgan fingerprint density at radius 1 is 1.41 bits per heavy atom. The zero-order valence-corrected chi connectivity index (χ0v) is 11.2. The number of halogens is 1. The van der Waals surface area contributed by atoms with E-state index in [2.05, 4.69) is 31.1 Å². The van der Waals surface area contributed by atoms with Crippen LogP contribution in [0.1, 0.15) is 23.3 Å². The normalized spacial score (nSPS) is 16.1. The number of nitrogens with one attached hydrogen (secondary N) is 1. The van der Waals surface area contributed by atoms with Crippen molar-refractivity contribution in [2.75, 3.05) is 26.2 Å². The second kappa shape index (κ2) is 6.12. The molecule has 5 heteroatoms. The SMILES string of the molecule is O=C(NCCN1CCCC1)c1ccc(Br)cn1. The van der Waals surface area contributed by atoms with Crippen LogP contribution in [-0.4, -0.2) is 42.0 Å². The highest BCUT2D eigenvalue weighted by molar-refractivity contribution is 9.10. The number of carbonyl (C=O) groups is 1. The molecule has 0 radical (unpaired) electrons. The Kier molecular flexibility index (Phi) is 4.50. The van der Waals surface area contributed by atoms with Crippen molar-refractivity contribution in [2.24, 2.45) is 0 Å². The average Bonchev–Trinajstić information content (AvgIpc) is 2.83. The molecule has 17 heavy (non-hydrogen) atoms. The summed E-state index contributed by atoms with van der Waals surface area (Å²) in [5, 5.41) is 2.89. The van der Waals surface area contributed by atoms with E-state index >= 15 is 0 Å². The van der Waals surface area contributed by atoms with Gasteiger partial charge in [-0.25, -0.2) is 4.98 Å². The first-order valence-electron chi connectivity index (χ1n) is 5.88. The number of likely N-dealkylation sites (tertiary alicyclic amines) is 1. The van der Waals surface area contributed by atoms with Crippen LogP contribution in [0.3, 0.4) is 0 Å². The van der Waals surface area contributed by atoms with E-state index in [1.54, 1.807) is 12.3 Å². The summed E-state index contributed by atoms with van der Waals surface area (Å²) in [4.78, 5) is 18.1. The minimum Gasteiger partial charge on any atom is -0.349 e. The molecule has 2 heterocycles. The minimum atomic E-state index is -0.100. The van der Waals surface area contributed by atoms with Gasteiger partial charge in [-0.1, -0.05) is 0 Å². The van der Waals surface area contributed by atoms with E-state index in [1.807, 2.05) is 6.07 Å². The molecule has 1 aliphatic heterocycles. The number of pyridine rings is 1. The molecule has 0 spiro atoms. The molecule has 1 aromatic rings. The maximum Gasteiger partial charge on any atom is 0.269 e. The van der Waals surface area contributed by atoms with Crippen molar-refractivity contribution in [1.29, 1.82) is 0 Å². The average molecular weight is 298 g/mol. The summed E-state index contributed by atoms with van der Waals surface area (Å²) in [6, 6.07) is 3.54. The number of nitrogens with zero attached hydrogens (tertiary/aromatic N) is 2. The van der Waals surface area contributed by atoms with Gasteiger partial charge in [0, 0.05) is 23.8 Å². The number of amides is 1. The first-order valence-corrected chi connectivity index (χ1v) is 6.67. The second-order valence-corrected chi connectivity index (χ2v) is 5.08. The molecule has 92 valence electrons. The predicted molar refractivity (Wildman–Crippen MR) is 69.9 cm³/mol. The van der Waals surface area contributed by atoms with Crippen LogP contribution < -0.4 is 5.32 Å². The highest BCUT2D eigenvalue weighted by Crippen LogP contribution is 2.07. The predicted octanol–water partition coefficient (Wildman–Crippen LogP) is 1.67. The lowest BCUT2D eigenvalue weighted by atomic mass is 10.3. The van der Waals surface area contributed by atoms with Crippen LogP contribution in [0.25, 0.3) is 0 Å². The third-order valence-electron chi connectivity index (χ3n) is 2.87. The van der Waals surface area contributed by atoms with Crippen LogP contribution in [0.15, 0.2) is 22.8 Å².